The Morgan fingerprint density at radius 1 is 1.20 bits per heavy atom. The summed E-state index contributed by atoms with van der Waals surface area (Å²) in [7, 11) is -1.84. The zero-order valence-corrected chi connectivity index (χ0v) is 16.4. The molecule has 1 aliphatic heterocycles. The number of benzene rings is 1. The summed E-state index contributed by atoms with van der Waals surface area (Å²) in [4.78, 5) is 14.2. The van der Waals surface area contributed by atoms with Gasteiger partial charge in [-0.25, -0.2) is 13.2 Å². The molecule has 1 heterocycles. The fourth-order valence-corrected chi connectivity index (χ4v) is 3.68. The van der Waals surface area contributed by atoms with Crippen LogP contribution in [0.25, 0.3) is 5.57 Å². The van der Waals surface area contributed by atoms with E-state index >= 15 is 0 Å². The molecule has 9 heteroatoms. The van der Waals surface area contributed by atoms with Crippen molar-refractivity contribution in [3.8, 4) is 0 Å². The normalized spacial score (nSPS) is 17.5. The van der Waals surface area contributed by atoms with Gasteiger partial charge in [-0.2, -0.15) is 4.31 Å². The molecule has 1 aromatic carbocycles. The monoisotopic (exact) mass is 406 g/mol. The molecule has 25 heavy (non-hydrogen) atoms. The van der Waals surface area contributed by atoms with Crippen LogP contribution in [0.1, 0.15) is 5.56 Å². The molecule has 2 rings (SSSR count). The fraction of sp³-hybridized carbons (Fsp3) is 0.438. The molecular weight excluding hydrogens is 387 g/mol. The van der Waals surface area contributed by atoms with Gasteiger partial charge in [0.25, 0.3) is 0 Å². The molecular formula is C16H20Cl2N2O4S. The first-order chi connectivity index (χ1) is 11.7. The number of ether oxygens (including phenoxy) is 1. The smallest absolute Gasteiger partial charge is 0.338 e. The maximum Gasteiger partial charge on any atom is 0.338 e. The minimum Gasteiger partial charge on any atom is -0.465 e. The Morgan fingerprint density at radius 2 is 1.84 bits per heavy atom. The highest BCUT2D eigenvalue weighted by Crippen LogP contribution is 2.26. The second-order valence-electron chi connectivity index (χ2n) is 5.70. The molecule has 1 aromatic rings. The number of carbonyl (C=O) groups excluding carboxylic acids is 1. The average molecular weight is 407 g/mol. The van der Waals surface area contributed by atoms with Crippen LogP contribution >= 0.6 is 23.2 Å². The predicted octanol–water partition coefficient (Wildman–Crippen LogP) is 2.13. The summed E-state index contributed by atoms with van der Waals surface area (Å²) in [5, 5.41) is 0.766. The molecule has 1 saturated heterocycles. The van der Waals surface area contributed by atoms with Crippen LogP contribution in [-0.2, 0) is 19.6 Å². The number of carbonyl (C=O) groups is 1. The average Bonchev–Trinajstić information content (AvgIpc) is 2.57. The molecule has 0 bridgehead atoms. The summed E-state index contributed by atoms with van der Waals surface area (Å²) in [6.45, 7) is 2.57. The van der Waals surface area contributed by atoms with Crippen LogP contribution in [-0.4, -0.2) is 69.7 Å². The third-order valence-corrected chi connectivity index (χ3v) is 6.03. The molecule has 0 amide bonds. The minimum atomic E-state index is -3.16. The van der Waals surface area contributed by atoms with Crippen molar-refractivity contribution in [2.75, 3.05) is 46.1 Å². The van der Waals surface area contributed by atoms with Gasteiger partial charge in [-0.3, -0.25) is 4.90 Å². The van der Waals surface area contributed by atoms with Crippen LogP contribution in [0.5, 0.6) is 0 Å². The Morgan fingerprint density at radius 3 is 2.36 bits per heavy atom. The molecule has 0 radical (unpaired) electrons. The summed E-state index contributed by atoms with van der Waals surface area (Å²) in [5.41, 5.74) is 1.02. The van der Waals surface area contributed by atoms with E-state index in [0.717, 1.165) is 0 Å². The largest absolute Gasteiger partial charge is 0.465 e. The summed E-state index contributed by atoms with van der Waals surface area (Å²) < 4.78 is 29.4. The lowest BCUT2D eigenvalue weighted by Gasteiger charge is -2.32. The Hall–Kier alpha value is -1.12. The molecule has 0 spiro atoms. The molecule has 0 atom stereocenters. The lowest BCUT2D eigenvalue weighted by atomic mass is 10.1. The van der Waals surface area contributed by atoms with E-state index in [-0.39, 0.29) is 0 Å². The number of halogens is 2. The van der Waals surface area contributed by atoms with Crippen LogP contribution in [0.2, 0.25) is 10.0 Å². The van der Waals surface area contributed by atoms with Crippen LogP contribution < -0.4 is 0 Å². The summed E-state index contributed by atoms with van der Waals surface area (Å²) >= 11 is 11.9. The van der Waals surface area contributed by atoms with Gasteiger partial charge in [0.1, 0.15) is 0 Å². The molecule has 0 aromatic heterocycles. The van der Waals surface area contributed by atoms with E-state index in [2.05, 4.69) is 4.90 Å². The van der Waals surface area contributed by atoms with Crippen molar-refractivity contribution in [3.05, 3.63) is 39.9 Å². The molecule has 6 nitrogen and oxygen atoms in total. The Kier molecular flexibility index (Phi) is 6.87. The van der Waals surface area contributed by atoms with Crippen LogP contribution in [0.4, 0.5) is 0 Å². The topological polar surface area (TPSA) is 66.9 Å². The SMILES string of the molecule is COC(=O)/C(=C\CN1CCN(S(C)(=O)=O)CC1)c1ccc(Cl)c(Cl)c1. The zero-order chi connectivity index (χ0) is 18.6. The third-order valence-electron chi connectivity index (χ3n) is 3.99. The standard InChI is InChI=1S/C16H20Cl2N2O4S/c1-24-16(21)13(12-3-4-14(17)15(18)11-12)5-6-19-7-9-20(10-8-19)25(2,22)23/h3-5,11H,6-10H2,1-2H3/b13-5-. The van der Waals surface area contributed by atoms with Gasteiger partial charge in [-0.1, -0.05) is 35.3 Å². The number of piperazine rings is 1. The number of hydrogen-bond donors (Lipinski definition) is 0. The van der Waals surface area contributed by atoms with E-state index in [1.807, 2.05) is 0 Å². The number of nitrogens with zero attached hydrogens (tertiary/aromatic N) is 2. The van der Waals surface area contributed by atoms with E-state index in [4.69, 9.17) is 27.9 Å². The fourth-order valence-electron chi connectivity index (χ4n) is 2.56. The van der Waals surface area contributed by atoms with Crippen molar-refractivity contribution in [2.45, 2.75) is 0 Å². The predicted molar refractivity (Wildman–Crippen MR) is 99.3 cm³/mol. The zero-order valence-electron chi connectivity index (χ0n) is 14.0. The second kappa shape index (κ2) is 8.51. The quantitative estimate of drug-likeness (QED) is 0.553. The molecule has 1 fully saturated rings. The van der Waals surface area contributed by atoms with Gasteiger partial charge in [-0.05, 0) is 17.7 Å². The molecule has 0 N–H and O–H groups in total. The Labute approximate surface area is 158 Å². The maximum absolute atomic E-state index is 12.1. The van der Waals surface area contributed by atoms with E-state index in [0.29, 0.717) is 53.9 Å². The highest BCUT2D eigenvalue weighted by Gasteiger charge is 2.23. The van der Waals surface area contributed by atoms with Gasteiger partial charge in [0, 0.05) is 32.7 Å². The summed E-state index contributed by atoms with van der Waals surface area (Å²) in [6, 6.07) is 4.95. The third kappa shape index (κ3) is 5.43. The highest BCUT2D eigenvalue weighted by molar-refractivity contribution is 7.88. The van der Waals surface area contributed by atoms with Gasteiger partial charge in [0.05, 0.1) is 29.0 Å². The number of esters is 1. The lowest BCUT2D eigenvalue weighted by molar-refractivity contribution is -0.133. The number of sulfonamides is 1. The van der Waals surface area contributed by atoms with Crippen LogP contribution in [0.15, 0.2) is 24.3 Å². The van der Waals surface area contributed by atoms with Gasteiger partial charge >= 0.3 is 5.97 Å². The number of hydrogen-bond acceptors (Lipinski definition) is 5. The summed E-state index contributed by atoms with van der Waals surface area (Å²) in [5.74, 6) is -0.465. The van der Waals surface area contributed by atoms with Crippen molar-refractivity contribution >= 4 is 44.8 Å². The van der Waals surface area contributed by atoms with Crippen molar-refractivity contribution in [1.29, 1.82) is 0 Å². The van der Waals surface area contributed by atoms with Crippen molar-refractivity contribution in [3.63, 3.8) is 0 Å². The van der Waals surface area contributed by atoms with Crippen LogP contribution in [0.3, 0.4) is 0 Å². The minimum absolute atomic E-state index is 0.357. The van der Waals surface area contributed by atoms with Gasteiger partial charge in [0.15, 0.2) is 0 Å². The molecule has 138 valence electrons. The lowest BCUT2D eigenvalue weighted by Crippen LogP contribution is -2.48. The van der Waals surface area contributed by atoms with E-state index in [1.54, 1.807) is 24.3 Å². The van der Waals surface area contributed by atoms with Crippen molar-refractivity contribution in [1.82, 2.24) is 9.21 Å². The second-order valence-corrected chi connectivity index (χ2v) is 8.50. The van der Waals surface area contributed by atoms with E-state index < -0.39 is 16.0 Å². The van der Waals surface area contributed by atoms with Gasteiger partial charge in [0.2, 0.25) is 10.0 Å². The molecule has 0 saturated carbocycles. The molecule has 0 aliphatic carbocycles. The van der Waals surface area contributed by atoms with Crippen molar-refractivity contribution in [2.24, 2.45) is 0 Å². The first kappa shape index (κ1) is 20.2. The highest BCUT2D eigenvalue weighted by atomic mass is 35.5. The molecule has 1 aliphatic rings. The first-order valence-electron chi connectivity index (χ1n) is 7.63. The number of methoxy groups -OCH3 is 1. The van der Waals surface area contributed by atoms with Crippen molar-refractivity contribution < 1.29 is 17.9 Å². The Balaban J connectivity index is 2.11. The number of rotatable bonds is 5. The van der Waals surface area contributed by atoms with Gasteiger partial charge < -0.3 is 4.74 Å². The van der Waals surface area contributed by atoms with Crippen LogP contribution in [0, 0.1) is 0 Å². The summed E-state index contributed by atoms with van der Waals surface area (Å²) in [6.07, 6.45) is 2.98. The Bertz CT molecular complexity index is 772. The van der Waals surface area contributed by atoms with Gasteiger partial charge in [-0.15, -0.1) is 0 Å². The molecule has 0 unspecified atom stereocenters. The maximum atomic E-state index is 12.1. The van der Waals surface area contributed by atoms with E-state index in [9.17, 15) is 13.2 Å². The first-order valence-corrected chi connectivity index (χ1v) is 10.2. The van der Waals surface area contributed by atoms with E-state index in [1.165, 1.54) is 17.7 Å².